The molecule has 1 atom stereocenters. The van der Waals surface area contributed by atoms with E-state index in [9.17, 15) is 9.90 Å². The second kappa shape index (κ2) is 9.88. The molecule has 160 valence electrons. The Morgan fingerprint density at radius 2 is 2.10 bits per heavy atom. The molecule has 0 aliphatic rings. The third-order valence-electron chi connectivity index (χ3n) is 4.83. The minimum absolute atomic E-state index is 0.179. The van der Waals surface area contributed by atoms with Crippen molar-refractivity contribution in [3.63, 3.8) is 0 Å². The Labute approximate surface area is 179 Å². The summed E-state index contributed by atoms with van der Waals surface area (Å²) in [5.41, 5.74) is 1.49. The molecule has 0 radical (unpaired) electrons. The quantitative estimate of drug-likeness (QED) is 0.480. The summed E-state index contributed by atoms with van der Waals surface area (Å²) in [7, 11) is 5.06. The number of methoxy groups -OCH3 is 2. The van der Waals surface area contributed by atoms with Crippen molar-refractivity contribution in [2.75, 3.05) is 27.8 Å². The number of rotatable bonds is 10. The van der Waals surface area contributed by atoms with Gasteiger partial charge in [0, 0.05) is 17.5 Å². The predicted octanol–water partition coefficient (Wildman–Crippen LogP) is 3.43. The number of aromatic nitrogens is 2. The molecule has 8 heteroatoms. The third-order valence-corrected chi connectivity index (χ3v) is 5.71. The van der Waals surface area contributed by atoms with Gasteiger partial charge in [0.2, 0.25) is 0 Å². The summed E-state index contributed by atoms with van der Waals surface area (Å²) in [4.78, 5) is 23.0. The molecule has 7 nitrogen and oxygen atoms in total. The molecule has 30 heavy (non-hydrogen) atoms. The number of nitrogens with one attached hydrogen (secondary N) is 1. The zero-order valence-electron chi connectivity index (χ0n) is 17.5. The van der Waals surface area contributed by atoms with E-state index in [-0.39, 0.29) is 5.56 Å². The maximum absolute atomic E-state index is 12.9. The van der Waals surface area contributed by atoms with E-state index in [1.54, 1.807) is 20.3 Å². The van der Waals surface area contributed by atoms with E-state index in [0.717, 1.165) is 17.5 Å². The van der Waals surface area contributed by atoms with Crippen molar-refractivity contribution in [2.24, 2.45) is 0 Å². The Hall–Kier alpha value is -2.68. The number of H-pyrrole nitrogens is 1. The molecule has 0 aliphatic heterocycles. The van der Waals surface area contributed by atoms with Crippen molar-refractivity contribution in [2.45, 2.75) is 25.5 Å². The second-order valence-corrected chi connectivity index (χ2v) is 7.99. The van der Waals surface area contributed by atoms with Gasteiger partial charge in [-0.2, -0.15) is 0 Å². The molecule has 0 fully saturated rings. The first-order chi connectivity index (χ1) is 14.5. The van der Waals surface area contributed by atoms with Crippen LogP contribution in [0.4, 0.5) is 0 Å². The highest BCUT2D eigenvalue weighted by Crippen LogP contribution is 2.36. The zero-order valence-corrected chi connectivity index (χ0v) is 18.3. The third kappa shape index (κ3) is 4.89. The van der Waals surface area contributed by atoms with Crippen LogP contribution in [0.25, 0.3) is 21.3 Å². The first kappa shape index (κ1) is 22.0. The molecule has 3 rings (SSSR count). The number of thiophene rings is 1. The van der Waals surface area contributed by atoms with Crippen molar-refractivity contribution in [3.05, 3.63) is 52.4 Å². The van der Waals surface area contributed by atoms with Crippen LogP contribution in [0.15, 0.2) is 41.0 Å². The lowest BCUT2D eigenvalue weighted by Gasteiger charge is -2.19. The van der Waals surface area contributed by atoms with Gasteiger partial charge in [-0.15, -0.1) is 17.9 Å². The van der Waals surface area contributed by atoms with Crippen LogP contribution in [0.1, 0.15) is 18.7 Å². The fraction of sp³-hybridized carbons (Fsp3) is 0.364. The van der Waals surface area contributed by atoms with E-state index >= 15 is 0 Å². The molecule has 0 bridgehead atoms. The summed E-state index contributed by atoms with van der Waals surface area (Å²) in [5, 5.41) is 12.6. The van der Waals surface area contributed by atoms with Crippen LogP contribution < -0.4 is 15.0 Å². The molecule has 2 N–H and O–H groups in total. The lowest BCUT2D eigenvalue weighted by atomic mass is 10.1. The Morgan fingerprint density at radius 1 is 1.33 bits per heavy atom. The smallest absolute Gasteiger partial charge is 0.260 e. The molecule has 0 aliphatic carbocycles. The average molecular weight is 430 g/mol. The molecule has 0 amide bonds. The molecule has 0 spiro atoms. The van der Waals surface area contributed by atoms with E-state index in [2.05, 4.69) is 16.5 Å². The summed E-state index contributed by atoms with van der Waals surface area (Å²) in [6.07, 6.45) is 2.78. The van der Waals surface area contributed by atoms with Crippen LogP contribution in [0.5, 0.6) is 11.5 Å². The van der Waals surface area contributed by atoms with E-state index in [1.807, 2.05) is 35.5 Å². The van der Waals surface area contributed by atoms with Crippen molar-refractivity contribution in [1.82, 2.24) is 14.9 Å². The Balaban J connectivity index is 1.85. The average Bonchev–Trinajstić information content (AvgIpc) is 3.16. The number of likely N-dealkylation sites (N-methyl/N-ethyl adjacent to an activating group) is 1. The van der Waals surface area contributed by atoms with Gasteiger partial charge in [0.15, 0.2) is 11.5 Å². The molecule has 2 aromatic heterocycles. The number of hydrogen-bond acceptors (Lipinski definition) is 7. The van der Waals surface area contributed by atoms with Gasteiger partial charge in [-0.25, -0.2) is 4.98 Å². The number of aliphatic hydroxyl groups is 1. The topological polar surface area (TPSA) is 87.7 Å². The zero-order chi connectivity index (χ0) is 21.7. The van der Waals surface area contributed by atoms with Gasteiger partial charge in [0.25, 0.3) is 5.56 Å². The number of aromatic amines is 1. The maximum atomic E-state index is 12.9. The van der Waals surface area contributed by atoms with Gasteiger partial charge in [-0.3, -0.25) is 9.69 Å². The molecule has 1 aromatic carbocycles. The summed E-state index contributed by atoms with van der Waals surface area (Å²) < 4.78 is 10.7. The van der Waals surface area contributed by atoms with Gasteiger partial charge in [0.05, 0.1) is 32.3 Å². The molecular formula is C22H27N3O4S. The molecule has 0 saturated heterocycles. The minimum Gasteiger partial charge on any atom is -0.493 e. The van der Waals surface area contributed by atoms with Gasteiger partial charge in [-0.1, -0.05) is 12.1 Å². The van der Waals surface area contributed by atoms with Gasteiger partial charge in [0.1, 0.15) is 10.7 Å². The summed E-state index contributed by atoms with van der Waals surface area (Å²) >= 11 is 1.43. The Kier molecular flexibility index (Phi) is 7.25. The first-order valence-electron chi connectivity index (χ1n) is 9.67. The van der Waals surface area contributed by atoms with Crippen LogP contribution in [0, 0.1) is 0 Å². The standard InChI is InChI=1S/C22H27N3O4S/c1-5-6-7-15(26)11-25(2)12-19-23-21(27)20-16(13-30-22(20)24-19)14-8-9-17(28-3)18(10-14)29-4/h5,8-10,13,15,26H,1,6-7,11-12H2,2-4H3,(H,23,24,27)/t15-/m1/s1. The SMILES string of the molecule is C=CCC[C@@H](O)CN(C)Cc1nc2scc(-c3ccc(OC)c(OC)c3)c2c(=O)[nH]1. The van der Waals surface area contributed by atoms with Gasteiger partial charge < -0.3 is 19.6 Å². The Bertz CT molecular complexity index is 1080. The van der Waals surface area contributed by atoms with E-state index < -0.39 is 6.10 Å². The normalized spacial score (nSPS) is 12.3. The fourth-order valence-corrected chi connectivity index (χ4v) is 4.33. The number of nitrogens with zero attached hydrogens (tertiary/aromatic N) is 2. The highest BCUT2D eigenvalue weighted by Gasteiger charge is 2.16. The second-order valence-electron chi connectivity index (χ2n) is 7.13. The highest BCUT2D eigenvalue weighted by atomic mass is 32.1. The van der Waals surface area contributed by atoms with Crippen LogP contribution in [-0.2, 0) is 6.54 Å². The number of fused-ring (bicyclic) bond motifs is 1. The Morgan fingerprint density at radius 3 is 2.80 bits per heavy atom. The largest absolute Gasteiger partial charge is 0.493 e. The number of benzene rings is 1. The maximum Gasteiger partial charge on any atom is 0.260 e. The lowest BCUT2D eigenvalue weighted by molar-refractivity contribution is 0.115. The number of hydrogen-bond donors (Lipinski definition) is 2. The van der Waals surface area contributed by atoms with Crippen molar-refractivity contribution >= 4 is 21.6 Å². The molecule has 2 heterocycles. The van der Waals surface area contributed by atoms with Crippen LogP contribution in [0.2, 0.25) is 0 Å². The van der Waals surface area contributed by atoms with Gasteiger partial charge in [-0.05, 0) is 37.6 Å². The number of allylic oxidation sites excluding steroid dienone is 1. The van der Waals surface area contributed by atoms with Crippen molar-refractivity contribution in [1.29, 1.82) is 0 Å². The lowest BCUT2D eigenvalue weighted by Crippen LogP contribution is -2.30. The molecular weight excluding hydrogens is 402 g/mol. The molecule has 0 unspecified atom stereocenters. The molecule has 3 aromatic rings. The highest BCUT2D eigenvalue weighted by molar-refractivity contribution is 7.17. The summed E-state index contributed by atoms with van der Waals surface area (Å²) in [6.45, 7) is 4.62. The summed E-state index contributed by atoms with van der Waals surface area (Å²) in [5.74, 6) is 1.81. The van der Waals surface area contributed by atoms with Crippen LogP contribution in [0.3, 0.4) is 0 Å². The van der Waals surface area contributed by atoms with E-state index in [1.165, 1.54) is 11.3 Å². The minimum atomic E-state index is -0.443. The fourth-order valence-electron chi connectivity index (χ4n) is 3.37. The monoisotopic (exact) mass is 429 g/mol. The number of ether oxygens (including phenoxy) is 2. The van der Waals surface area contributed by atoms with Crippen molar-refractivity contribution < 1.29 is 14.6 Å². The summed E-state index contributed by atoms with van der Waals surface area (Å²) in [6, 6.07) is 5.57. The van der Waals surface area contributed by atoms with Crippen LogP contribution >= 0.6 is 11.3 Å². The van der Waals surface area contributed by atoms with Crippen LogP contribution in [-0.4, -0.2) is 53.9 Å². The van der Waals surface area contributed by atoms with E-state index in [4.69, 9.17) is 9.47 Å². The molecule has 0 saturated carbocycles. The van der Waals surface area contributed by atoms with Crippen molar-refractivity contribution in [3.8, 4) is 22.6 Å². The number of aliphatic hydroxyl groups excluding tert-OH is 1. The van der Waals surface area contributed by atoms with E-state index in [0.29, 0.717) is 47.1 Å². The van der Waals surface area contributed by atoms with Gasteiger partial charge >= 0.3 is 0 Å². The predicted molar refractivity (Wildman–Crippen MR) is 121 cm³/mol. The first-order valence-corrected chi connectivity index (χ1v) is 10.5.